The van der Waals surface area contributed by atoms with Crippen LogP contribution >= 0.6 is 11.6 Å². The van der Waals surface area contributed by atoms with Crippen LogP contribution in [0, 0.1) is 0 Å². The van der Waals surface area contributed by atoms with Crippen molar-refractivity contribution in [1.29, 1.82) is 0 Å². The molecule has 0 spiro atoms. The number of aromatic nitrogens is 2. The van der Waals surface area contributed by atoms with Crippen molar-refractivity contribution >= 4 is 28.3 Å². The third kappa shape index (κ3) is 7.54. The van der Waals surface area contributed by atoms with Crippen LogP contribution in [-0.4, -0.2) is 59.9 Å². The van der Waals surface area contributed by atoms with Crippen LogP contribution in [0.25, 0.3) is 10.8 Å². The van der Waals surface area contributed by atoms with E-state index in [0.29, 0.717) is 36.3 Å². The molecule has 6 nitrogen and oxygen atoms in total. The van der Waals surface area contributed by atoms with E-state index in [1.54, 1.807) is 4.68 Å². The Morgan fingerprint density at radius 3 is 2.47 bits per heavy atom. The molecule has 0 bridgehead atoms. The SMILES string of the molecule is FCF.O=C(CCN1CCCC1Cn1nc(Cc2ccc(Cl)cc2)c2ccccc2c1=O)NCCF. The zero-order valence-corrected chi connectivity index (χ0v) is 20.7. The molecule has 1 saturated heterocycles. The van der Waals surface area contributed by atoms with E-state index < -0.39 is 13.6 Å². The Labute approximate surface area is 213 Å². The van der Waals surface area contributed by atoms with Gasteiger partial charge in [-0.15, -0.1) is 0 Å². The summed E-state index contributed by atoms with van der Waals surface area (Å²) in [6, 6.07) is 15.4. The Balaban J connectivity index is 0.00000115. The van der Waals surface area contributed by atoms with Crippen molar-refractivity contribution in [3.05, 3.63) is 75.2 Å². The van der Waals surface area contributed by atoms with Crippen LogP contribution in [0.4, 0.5) is 13.2 Å². The van der Waals surface area contributed by atoms with Gasteiger partial charge in [-0.1, -0.05) is 41.9 Å². The number of benzene rings is 2. The molecule has 1 aliphatic heterocycles. The molecule has 194 valence electrons. The minimum absolute atomic E-state index is 0.0507. The molecule has 1 atom stereocenters. The molecule has 4 rings (SSSR count). The molecular weight excluding hydrogens is 493 g/mol. The zero-order chi connectivity index (χ0) is 25.9. The number of carbonyl (C=O) groups excluding carboxylic acids is 1. The molecule has 1 amide bonds. The number of hydrogen-bond acceptors (Lipinski definition) is 4. The highest BCUT2D eigenvalue weighted by atomic mass is 35.5. The van der Waals surface area contributed by atoms with E-state index in [9.17, 15) is 22.8 Å². The highest BCUT2D eigenvalue weighted by Gasteiger charge is 2.26. The van der Waals surface area contributed by atoms with Crippen molar-refractivity contribution in [2.24, 2.45) is 0 Å². The summed E-state index contributed by atoms with van der Waals surface area (Å²) < 4.78 is 33.1. The van der Waals surface area contributed by atoms with Crippen LogP contribution in [0.5, 0.6) is 0 Å². The van der Waals surface area contributed by atoms with E-state index in [1.165, 1.54) is 0 Å². The van der Waals surface area contributed by atoms with E-state index in [1.807, 2.05) is 48.5 Å². The van der Waals surface area contributed by atoms with Crippen LogP contribution in [0.1, 0.15) is 30.5 Å². The number of alkyl halides is 3. The maximum absolute atomic E-state index is 13.2. The van der Waals surface area contributed by atoms with Crippen molar-refractivity contribution in [2.45, 2.75) is 38.3 Å². The lowest BCUT2D eigenvalue weighted by molar-refractivity contribution is -0.121. The average molecular weight is 523 g/mol. The topological polar surface area (TPSA) is 67.2 Å². The molecule has 3 aromatic rings. The lowest BCUT2D eigenvalue weighted by Crippen LogP contribution is -2.39. The van der Waals surface area contributed by atoms with Gasteiger partial charge in [0.1, 0.15) is 6.67 Å². The van der Waals surface area contributed by atoms with Crippen LogP contribution in [-0.2, 0) is 17.8 Å². The lowest BCUT2D eigenvalue weighted by atomic mass is 10.0. The zero-order valence-electron chi connectivity index (χ0n) is 19.9. The Hall–Kier alpha value is -2.91. The second-order valence-electron chi connectivity index (χ2n) is 8.50. The van der Waals surface area contributed by atoms with Gasteiger partial charge in [-0.25, -0.2) is 17.9 Å². The molecule has 1 unspecified atom stereocenters. The molecule has 10 heteroatoms. The second kappa shape index (κ2) is 14.0. The van der Waals surface area contributed by atoms with E-state index in [0.717, 1.165) is 36.0 Å². The summed E-state index contributed by atoms with van der Waals surface area (Å²) in [4.78, 5) is 27.3. The van der Waals surface area contributed by atoms with Crippen molar-refractivity contribution in [2.75, 3.05) is 33.2 Å². The molecule has 1 aromatic heterocycles. The number of nitrogens with one attached hydrogen (secondary N) is 1. The minimum Gasteiger partial charge on any atom is -0.353 e. The Morgan fingerprint density at radius 2 is 1.78 bits per heavy atom. The molecule has 0 saturated carbocycles. The molecule has 36 heavy (non-hydrogen) atoms. The first-order valence-corrected chi connectivity index (χ1v) is 12.3. The third-order valence-corrected chi connectivity index (χ3v) is 6.41. The number of likely N-dealkylation sites (tertiary alicyclic amines) is 1. The first kappa shape index (κ1) is 27.7. The van der Waals surface area contributed by atoms with Gasteiger partial charge in [-0.3, -0.25) is 14.5 Å². The first-order chi connectivity index (χ1) is 17.5. The largest absolute Gasteiger partial charge is 0.353 e. The summed E-state index contributed by atoms with van der Waals surface area (Å²) in [5.41, 5.74) is 1.82. The quantitative estimate of drug-likeness (QED) is 0.450. The Kier molecular flexibility index (Phi) is 10.8. The molecule has 2 aromatic carbocycles. The van der Waals surface area contributed by atoms with Gasteiger partial charge in [0.25, 0.3) is 5.56 Å². The van der Waals surface area contributed by atoms with Gasteiger partial charge < -0.3 is 5.32 Å². The lowest BCUT2D eigenvalue weighted by Gasteiger charge is -2.24. The van der Waals surface area contributed by atoms with E-state index in [2.05, 4.69) is 10.2 Å². The van der Waals surface area contributed by atoms with Gasteiger partial charge in [0.2, 0.25) is 12.8 Å². The Bertz CT molecular complexity index is 1190. The van der Waals surface area contributed by atoms with Crippen molar-refractivity contribution < 1.29 is 18.0 Å². The summed E-state index contributed by atoms with van der Waals surface area (Å²) in [5, 5.41) is 9.55. The number of halogens is 4. The first-order valence-electron chi connectivity index (χ1n) is 11.9. The number of hydrogen-bond donors (Lipinski definition) is 1. The highest BCUT2D eigenvalue weighted by molar-refractivity contribution is 6.30. The van der Waals surface area contributed by atoms with E-state index >= 15 is 0 Å². The number of fused-ring (bicyclic) bond motifs is 1. The summed E-state index contributed by atoms with van der Waals surface area (Å²) in [6.07, 6.45) is 2.87. The van der Waals surface area contributed by atoms with Crippen LogP contribution in [0.3, 0.4) is 0 Å². The normalized spacial score (nSPS) is 15.5. The minimum atomic E-state index is -1.75. The fourth-order valence-corrected chi connectivity index (χ4v) is 4.60. The number of amides is 1. The van der Waals surface area contributed by atoms with Gasteiger partial charge >= 0.3 is 0 Å². The van der Waals surface area contributed by atoms with Gasteiger partial charge in [-0.05, 0) is 43.1 Å². The number of carbonyl (C=O) groups is 1. The smallest absolute Gasteiger partial charge is 0.274 e. The molecule has 1 fully saturated rings. The fourth-order valence-electron chi connectivity index (χ4n) is 4.47. The van der Waals surface area contributed by atoms with E-state index in [4.69, 9.17) is 16.7 Å². The standard InChI is InChI=1S/C25H28ClFN4O2.CH2F2/c26-19-9-7-18(8-10-19)16-23-21-5-1-2-6-22(21)25(33)31(29-23)17-20-4-3-14-30(20)15-11-24(32)28-13-12-27;2-1-3/h1-2,5-10,20H,3-4,11-17H2,(H,28,32);1H2. The highest BCUT2D eigenvalue weighted by Crippen LogP contribution is 2.21. The van der Waals surface area contributed by atoms with Crippen LogP contribution in [0.2, 0.25) is 5.02 Å². The maximum atomic E-state index is 13.2. The molecule has 1 aliphatic rings. The monoisotopic (exact) mass is 522 g/mol. The molecule has 2 heterocycles. The van der Waals surface area contributed by atoms with Crippen LogP contribution < -0.4 is 10.9 Å². The second-order valence-corrected chi connectivity index (χ2v) is 8.94. The summed E-state index contributed by atoms with van der Waals surface area (Å²) in [5.74, 6) is -0.149. The van der Waals surface area contributed by atoms with Gasteiger partial charge in [0.05, 0.1) is 17.6 Å². The van der Waals surface area contributed by atoms with Crippen molar-refractivity contribution in [3.8, 4) is 0 Å². The molecular formula is C26H30ClF3N4O2. The molecule has 0 aliphatic carbocycles. The third-order valence-electron chi connectivity index (χ3n) is 6.15. The van der Waals surface area contributed by atoms with E-state index in [-0.39, 0.29) is 24.1 Å². The van der Waals surface area contributed by atoms with Gasteiger partial charge in [0, 0.05) is 42.4 Å². The molecule has 0 radical (unpaired) electrons. The number of nitrogens with zero attached hydrogens (tertiary/aromatic N) is 3. The predicted molar refractivity (Wildman–Crippen MR) is 136 cm³/mol. The van der Waals surface area contributed by atoms with Crippen molar-refractivity contribution in [1.82, 2.24) is 20.0 Å². The fraction of sp³-hybridized carbons (Fsp3) is 0.423. The number of rotatable bonds is 9. The van der Waals surface area contributed by atoms with Gasteiger partial charge in [-0.2, -0.15) is 5.10 Å². The van der Waals surface area contributed by atoms with Crippen molar-refractivity contribution in [3.63, 3.8) is 0 Å². The summed E-state index contributed by atoms with van der Waals surface area (Å²) >= 11 is 6.03. The Morgan fingerprint density at radius 1 is 1.08 bits per heavy atom. The predicted octanol–water partition coefficient (Wildman–Crippen LogP) is 4.46. The van der Waals surface area contributed by atoms with Gasteiger partial charge in [0.15, 0.2) is 0 Å². The van der Waals surface area contributed by atoms with Crippen LogP contribution in [0.15, 0.2) is 53.3 Å². The molecule has 1 N–H and O–H groups in total. The summed E-state index contributed by atoms with van der Waals surface area (Å²) in [6.45, 7) is -0.324. The average Bonchev–Trinajstić information content (AvgIpc) is 3.33. The maximum Gasteiger partial charge on any atom is 0.274 e. The summed E-state index contributed by atoms with van der Waals surface area (Å²) in [7, 11) is 0.